The van der Waals surface area contributed by atoms with Crippen LogP contribution in [-0.4, -0.2) is 34.9 Å². The molecule has 0 aromatic carbocycles. The average Bonchev–Trinajstić information content (AvgIpc) is 2.31. The molecule has 4 N–H and O–H groups in total. The third-order valence-corrected chi connectivity index (χ3v) is 3.13. The van der Waals surface area contributed by atoms with Crippen LogP contribution in [0.1, 0.15) is 26.0 Å². The second-order valence-corrected chi connectivity index (χ2v) is 5.93. The number of hydrogen-bond donors (Lipinski definition) is 3. The quantitative estimate of drug-likeness (QED) is 0.658. The maximum Gasteiger partial charge on any atom is 0.405 e. The summed E-state index contributed by atoms with van der Waals surface area (Å²) in [5, 5.41) is 11.3. The number of hydrogen-bond acceptors (Lipinski definition) is 4. The van der Waals surface area contributed by atoms with Crippen LogP contribution in [0.3, 0.4) is 0 Å². The SMILES string of the molecule is CC(C)(Cc1ccc(Br)c(OCCCN)n1)NC(=O)O. The van der Waals surface area contributed by atoms with Crippen molar-refractivity contribution in [3.8, 4) is 5.88 Å². The van der Waals surface area contributed by atoms with Crippen molar-refractivity contribution in [3.05, 3.63) is 22.3 Å². The van der Waals surface area contributed by atoms with E-state index in [1.807, 2.05) is 12.1 Å². The molecule has 0 spiro atoms. The number of carboxylic acid groups (broad SMARTS) is 1. The number of carbonyl (C=O) groups is 1. The number of nitrogens with two attached hydrogens (primary N) is 1. The van der Waals surface area contributed by atoms with Gasteiger partial charge in [-0.25, -0.2) is 9.78 Å². The molecule has 1 rings (SSSR count). The molecule has 112 valence electrons. The van der Waals surface area contributed by atoms with E-state index in [-0.39, 0.29) is 0 Å². The van der Waals surface area contributed by atoms with E-state index in [1.54, 1.807) is 13.8 Å². The summed E-state index contributed by atoms with van der Waals surface area (Å²) < 4.78 is 6.30. The lowest BCUT2D eigenvalue weighted by Gasteiger charge is -2.24. The van der Waals surface area contributed by atoms with Crippen LogP contribution >= 0.6 is 15.9 Å². The van der Waals surface area contributed by atoms with Gasteiger partial charge in [-0.1, -0.05) is 0 Å². The molecule has 1 amide bonds. The highest BCUT2D eigenvalue weighted by Crippen LogP contribution is 2.24. The van der Waals surface area contributed by atoms with E-state index in [0.29, 0.717) is 25.5 Å². The fourth-order valence-corrected chi connectivity index (χ4v) is 2.04. The summed E-state index contributed by atoms with van der Waals surface area (Å²) in [4.78, 5) is 15.1. The van der Waals surface area contributed by atoms with Crippen LogP contribution in [0.5, 0.6) is 5.88 Å². The van der Waals surface area contributed by atoms with Crippen molar-refractivity contribution in [2.75, 3.05) is 13.2 Å². The van der Waals surface area contributed by atoms with Crippen molar-refractivity contribution < 1.29 is 14.6 Å². The Kier molecular flexibility index (Phi) is 6.22. The zero-order chi connectivity index (χ0) is 15.2. The highest BCUT2D eigenvalue weighted by atomic mass is 79.9. The molecular formula is C13H20BrN3O3. The Balaban J connectivity index is 2.76. The van der Waals surface area contributed by atoms with E-state index in [1.165, 1.54) is 0 Å². The third-order valence-electron chi connectivity index (χ3n) is 2.53. The van der Waals surface area contributed by atoms with E-state index in [2.05, 4.69) is 26.2 Å². The third kappa shape index (κ3) is 5.75. The topological polar surface area (TPSA) is 97.5 Å². The summed E-state index contributed by atoms with van der Waals surface area (Å²) >= 11 is 3.37. The highest BCUT2D eigenvalue weighted by Gasteiger charge is 2.21. The minimum atomic E-state index is -1.05. The highest BCUT2D eigenvalue weighted by molar-refractivity contribution is 9.10. The summed E-state index contributed by atoms with van der Waals surface area (Å²) in [5.41, 5.74) is 5.58. The summed E-state index contributed by atoms with van der Waals surface area (Å²) in [6, 6.07) is 3.68. The first-order valence-corrected chi connectivity index (χ1v) is 7.13. The maximum absolute atomic E-state index is 10.7. The molecule has 0 aliphatic rings. The van der Waals surface area contributed by atoms with Gasteiger partial charge in [0.05, 0.1) is 11.1 Å². The van der Waals surface area contributed by atoms with Crippen molar-refractivity contribution in [2.24, 2.45) is 5.73 Å². The van der Waals surface area contributed by atoms with Crippen molar-refractivity contribution in [1.29, 1.82) is 0 Å². The predicted molar refractivity (Wildman–Crippen MR) is 80.0 cm³/mol. The molecule has 6 nitrogen and oxygen atoms in total. The molecule has 0 radical (unpaired) electrons. The largest absolute Gasteiger partial charge is 0.477 e. The van der Waals surface area contributed by atoms with Crippen molar-refractivity contribution >= 4 is 22.0 Å². The van der Waals surface area contributed by atoms with Crippen LogP contribution in [0.2, 0.25) is 0 Å². The van der Waals surface area contributed by atoms with Gasteiger partial charge in [0.25, 0.3) is 0 Å². The first-order valence-electron chi connectivity index (χ1n) is 6.33. The lowest BCUT2D eigenvalue weighted by atomic mass is 9.98. The lowest BCUT2D eigenvalue weighted by Crippen LogP contribution is -2.44. The van der Waals surface area contributed by atoms with Crippen LogP contribution in [-0.2, 0) is 6.42 Å². The second-order valence-electron chi connectivity index (χ2n) is 5.07. The van der Waals surface area contributed by atoms with E-state index in [9.17, 15) is 4.79 Å². The van der Waals surface area contributed by atoms with E-state index in [0.717, 1.165) is 16.6 Å². The lowest BCUT2D eigenvalue weighted by molar-refractivity contribution is 0.182. The number of ether oxygens (including phenoxy) is 1. The summed E-state index contributed by atoms with van der Waals surface area (Å²) in [6.07, 6.45) is 0.177. The van der Waals surface area contributed by atoms with Gasteiger partial charge in [-0.15, -0.1) is 0 Å². The number of amides is 1. The van der Waals surface area contributed by atoms with Gasteiger partial charge in [0.15, 0.2) is 0 Å². The molecule has 7 heteroatoms. The molecular weight excluding hydrogens is 326 g/mol. The second kappa shape index (κ2) is 7.44. The number of halogens is 1. The number of pyridine rings is 1. The normalized spacial score (nSPS) is 11.2. The molecule has 1 aromatic rings. The minimum Gasteiger partial charge on any atom is -0.477 e. The molecule has 0 aliphatic carbocycles. The summed E-state index contributed by atoms with van der Waals surface area (Å²) in [7, 11) is 0. The molecule has 0 fully saturated rings. The molecule has 0 aliphatic heterocycles. The van der Waals surface area contributed by atoms with Gasteiger partial charge in [0.2, 0.25) is 5.88 Å². The van der Waals surface area contributed by atoms with Crippen LogP contribution in [0.4, 0.5) is 4.79 Å². The first-order chi connectivity index (χ1) is 9.34. The monoisotopic (exact) mass is 345 g/mol. The van der Waals surface area contributed by atoms with Crippen LogP contribution < -0.4 is 15.8 Å². The Bertz CT molecular complexity index is 466. The molecule has 0 unspecified atom stereocenters. The van der Waals surface area contributed by atoms with Gasteiger partial charge in [0, 0.05) is 17.7 Å². The molecule has 1 aromatic heterocycles. The van der Waals surface area contributed by atoms with Crippen LogP contribution in [0, 0.1) is 0 Å². The molecule has 20 heavy (non-hydrogen) atoms. The maximum atomic E-state index is 10.7. The number of nitrogens with zero attached hydrogens (tertiary/aromatic N) is 1. The predicted octanol–water partition coefficient (Wildman–Crippen LogP) is 2.16. The van der Waals surface area contributed by atoms with E-state index in [4.69, 9.17) is 15.6 Å². The van der Waals surface area contributed by atoms with Crippen LogP contribution in [0.15, 0.2) is 16.6 Å². The first kappa shape index (κ1) is 16.7. The van der Waals surface area contributed by atoms with Crippen LogP contribution in [0.25, 0.3) is 0 Å². The number of aromatic nitrogens is 1. The fourth-order valence-electron chi connectivity index (χ4n) is 1.70. The molecule has 0 bridgehead atoms. The van der Waals surface area contributed by atoms with Crippen molar-refractivity contribution in [3.63, 3.8) is 0 Å². The number of rotatable bonds is 7. The van der Waals surface area contributed by atoms with Gasteiger partial charge < -0.3 is 20.9 Å². The zero-order valence-electron chi connectivity index (χ0n) is 11.6. The Hall–Kier alpha value is -1.34. The summed E-state index contributed by atoms with van der Waals surface area (Å²) in [5.74, 6) is 0.502. The van der Waals surface area contributed by atoms with Gasteiger partial charge in [-0.3, -0.25) is 0 Å². The smallest absolute Gasteiger partial charge is 0.405 e. The van der Waals surface area contributed by atoms with Gasteiger partial charge >= 0.3 is 6.09 Å². The Morgan fingerprint density at radius 2 is 2.25 bits per heavy atom. The van der Waals surface area contributed by atoms with Gasteiger partial charge in [-0.2, -0.15) is 0 Å². The Labute approximate surface area is 126 Å². The molecule has 1 heterocycles. The van der Waals surface area contributed by atoms with E-state index < -0.39 is 11.6 Å². The van der Waals surface area contributed by atoms with Gasteiger partial charge in [-0.05, 0) is 54.9 Å². The molecule has 0 saturated heterocycles. The Morgan fingerprint density at radius 3 is 2.85 bits per heavy atom. The molecule has 0 saturated carbocycles. The van der Waals surface area contributed by atoms with Crippen molar-refractivity contribution in [1.82, 2.24) is 10.3 Å². The fraction of sp³-hybridized carbons (Fsp3) is 0.538. The Morgan fingerprint density at radius 1 is 1.55 bits per heavy atom. The zero-order valence-corrected chi connectivity index (χ0v) is 13.2. The summed E-state index contributed by atoms with van der Waals surface area (Å²) in [6.45, 7) is 4.68. The molecule has 0 atom stereocenters. The van der Waals surface area contributed by atoms with Gasteiger partial charge in [0.1, 0.15) is 0 Å². The average molecular weight is 346 g/mol. The van der Waals surface area contributed by atoms with E-state index >= 15 is 0 Å². The minimum absolute atomic E-state index is 0.472. The standard InChI is InChI=1S/C13H20BrN3O3/c1-13(2,17-12(18)19)8-9-4-5-10(14)11(16-9)20-7-3-6-15/h4-5,17H,3,6-8,15H2,1-2H3,(H,18,19). The number of nitrogens with one attached hydrogen (secondary N) is 1. The van der Waals surface area contributed by atoms with Crippen molar-refractivity contribution in [2.45, 2.75) is 32.2 Å².